The monoisotopic (exact) mass is 296 g/mol. The second-order valence-corrected chi connectivity index (χ2v) is 5.59. The second kappa shape index (κ2) is 7.73. The summed E-state index contributed by atoms with van der Waals surface area (Å²) in [4.78, 5) is 2.37. The summed E-state index contributed by atoms with van der Waals surface area (Å²) in [5.74, 6) is 0.317. The van der Waals surface area contributed by atoms with Gasteiger partial charge in [-0.15, -0.1) is 0 Å². The smallest absolute Gasteiger partial charge is 0.131 e. The van der Waals surface area contributed by atoms with Crippen molar-refractivity contribution in [1.82, 2.24) is 10.2 Å². The molecule has 0 bridgehead atoms. The first-order valence-electron chi connectivity index (χ1n) is 7.49. The van der Waals surface area contributed by atoms with E-state index in [-0.39, 0.29) is 11.9 Å². The summed E-state index contributed by atoms with van der Waals surface area (Å²) in [5, 5.41) is 3.46. The Bertz CT molecular complexity index is 450. The first kappa shape index (κ1) is 16.2. The number of hydrogen-bond donors (Lipinski definition) is 1. The van der Waals surface area contributed by atoms with Crippen LogP contribution in [0.25, 0.3) is 0 Å². The second-order valence-electron chi connectivity index (χ2n) is 5.59. The van der Waals surface area contributed by atoms with Crippen molar-refractivity contribution in [2.75, 3.05) is 40.0 Å². The number of ether oxygens (including phenoxy) is 2. The molecule has 21 heavy (non-hydrogen) atoms. The molecule has 2 unspecified atom stereocenters. The highest BCUT2D eigenvalue weighted by molar-refractivity contribution is 5.30. The maximum absolute atomic E-state index is 14.0. The summed E-state index contributed by atoms with van der Waals surface area (Å²) in [6.07, 6.45) is 0. The molecule has 0 aliphatic carbocycles. The lowest BCUT2D eigenvalue weighted by atomic mass is 10.1. The van der Waals surface area contributed by atoms with Crippen LogP contribution in [-0.4, -0.2) is 50.9 Å². The average molecular weight is 296 g/mol. The Morgan fingerprint density at radius 2 is 2.05 bits per heavy atom. The summed E-state index contributed by atoms with van der Waals surface area (Å²) < 4.78 is 24.4. The molecule has 5 heteroatoms. The van der Waals surface area contributed by atoms with Crippen LogP contribution in [0.4, 0.5) is 4.39 Å². The molecule has 2 atom stereocenters. The van der Waals surface area contributed by atoms with Crippen molar-refractivity contribution in [3.05, 3.63) is 29.6 Å². The van der Waals surface area contributed by atoms with Gasteiger partial charge in [0.1, 0.15) is 11.6 Å². The van der Waals surface area contributed by atoms with Crippen molar-refractivity contribution in [2.24, 2.45) is 0 Å². The first-order valence-corrected chi connectivity index (χ1v) is 7.49. The summed E-state index contributed by atoms with van der Waals surface area (Å²) in [6, 6.07) is 5.27. The maximum atomic E-state index is 14.0. The third-order valence-electron chi connectivity index (χ3n) is 3.84. The largest absolute Gasteiger partial charge is 0.497 e. The van der Waals surface area contributed by atoms with Gasteiger partial charge in [-0.3, -0.25) is 4.90 Å². The van der Waals surface area contributed by atoms with Crippen molar-refractivity contribution >= 4 is 0 Å². The van der Waals surface area contributed by atoms with E-state index in [9.17, 15) is 4.39 Å². The minimum atomic E-state index is -0.229. The van der Waals surface area contributed by atoms with E-state index in [1.165, 1.54) is 6.07 Å². The predicted molar refractivity (Wildman–Crippen MR) is 81.2 cm³/mol. The number of morpholine rings is 1. The van der Waals surface area contributed by atoms with E-state index >= 15 is 0 Å². The molecule has 0 radical (unpaired) electrons. The van der Waals surface area contributed by atoms with Crippen molar-refractivity contribution in [3.63, 3.8) is 0 Å². The maximum Gasteiger partial charge on any atom is 0.131 e. The Balaban J connectivity index is 1.89. The molecule has 1 aromatic carbocycles. The molecule has 2 rings (SSSR count). The Morgan fingerprint density at radius 3 is 2.67 bits per heavy atom. The third kappa shape index (κ3) is 4.66. The number of benzene rings is 1. The van der Waals surface area contributed by atoms with Crippen LogP contribution in [0, 0.1) is 5.82 Å². The van der Waals surface area contributed by atoms with Gasteiger partial charge in [0.15, 0.2) is 0 Å². The Kier molecular flexibility index (Phi) is 5.96. The minimum absolute atomic E-state index is 0.0352. The zero-order valence-corrected chi connectivity index (χ0v) is 13.1. The summed E-state index contributed by atoms with van der Waals surface area (Å²) >= 11 is 0. The zero-order chi connectivity index (χ0) is 15.2. The van der Waals surface area contributed by atoms with E-state index in [1.807, 2.05) is 6.92 Å². The van der Waals surface area contributed by atoms with Gasteiger partial charge in [0.25, 0.3) is 0 Å². The van der Waals surface area contributed by atoms with Gasteiger partial charge in [-0.1, -0.05) is 6.07 Å². The fourth-order valence-corrected chi connectivity index (χ4v) is 2.73. The Morgan fingerprint density at radius 1 is 1.33 bits per heavy atom. The Labute approximate surface area is 126 Å². The van der Waals surface area contributed by atoms with Crippen molar-refractivity contribution in [3.8, 4) is 5.75 Å². The van der Waals surface area contributed by atoms with Gasteiger partial charge in [0.05, 0.1) is 20.3 Å². The van der Waals surface area contributed by atoms with Gasteiger partial charge in [0.2, 0.25) is 0 Å². The van der Waals surface area contributed by atoms with Crippen molar-refractivity contribution in [2.45, 2.75) is 25.9 Å². The third-order valence-corrected chi connectivity index (χ3v) is 3.84. The van der Waals surface area contributed by atoms with E-state index in [4.69, 9.17) is 9.47 Å². The van der Waals surface area contributed by atoms with Crippen molar-refractivity contribution < 1.29 is 13.9 Å². The van der Waals surface area contributed by atoms with Gasteiger partial charge >= 0.3 is 0 Å². The molecule has 1 saturated heterocycles. The number of hydrogen-bond acceptors (Lipinski definition) is 4. The van der Waals surface area contributed by atoms with Crippen LogP contribution < -0.4 is 10.1 Å². The number of nitrogens with zero attached hydrogens (tertiary/aromatic N) is 1. The fourth-order valence-electron chi connectivity index (χ4n) is 2.73. The molecular formula is C16H25FN2O2. The standard InChI is InChI=1S/C16H25FN2O2/c1-12(11-19-6-8-21-9-7-19)18-13(2)15-5-4-14(20-3)10-16(15)17/h4-5,10,12-13,18H,6-9,11H2,1-3H3. The highest BCUT2D eigenvalue weighted by Gasteiger charge is 2.17. The fraction of sp³-hybridized carbons (Fsp3) is 0.625. The van der Waals surface area contributed by atoms with Gasteiger partial charge in [-0.25, -0.2) is 4.39 Å². The number of rotatable bonds is 6. The predicted octanol–water partition coefficient (Wildman–Crippen LogP) is 2.21. The Hall–Kier alpha value is -1.17. The van der Waals surface area contributed by atoms with Crippen LogP contribution >= 0.6 is 0 Å². The lowest BCUT2D eigenvalue weighted by molar-refractivity contribution is 0.0339. The molecule has 1 aromatic rings. The van der Waals surface area contributed by atoms with E-state index in [0.29, 0.717) is 17.4 Å². The minimum Gasteiger partial charge on any atom is -0.497 e. The molecular weight excluding hydrogens is 271 g/mol. The van der Waals surface area contributed by atoms with E-state index < -0.39 is 0 Å². The van der Waals surface area contributed by atoms with Crippen LogP contribution in [-0.2, 0) is 4.74 Å². The molecule has 4 nitrogen and oxygen atoms in total. The van der Waals surface area contributed by atoms with E-state index in [2.05, 4.69) is 17.1 Å². The molecule has 1 heterocycles. The highest BCUT2D eigenvalue weighted by Crippen LogP contribution is 2.22. The lowest BCUT2D eigenvalue weighted by Gasteiger charge is -2.30. The first-order chi connectivity index (χ1) is 10.1. The van der Waals surface area contributed by atoms with Crippen LogP contribution in [0.15, 0.2) is 18.2 Å². The van der Waals surface area contributed by atoms with Crippen LogP contribution in [0.5, 0.6) is 5.75 Å². The number of halogens is 1. The van der Waals surface area contributed by atoms with Gasteiger partial charge in [-0.05, 0) is 19.9 Å². The molecule has 1 aliphatic rings. The van der Waals surface area contributed by atoms with Crippen LogP contribution in [0.3, 0.4) is 0 Å². The highest BCUT2D eigenvalue weighted by atomic mass is 19.1. The van der Waals surface area contributed by atoms with Gasteiger partial charge in [0, 0.05) is 43.3 Å². The zero-order valence-electron chi connectivity index (χ0n) is 13.1. The van der Waals surface area contributed by atoms with Crippen LogP contribution in [0.2, 0.25) is 0 Å². The molecule has 1 aliphatic heterocycles. The lowest BCUT2D eigenvalue weighted by Crippen LogP contribution is -2.45. The molecule has 0 amide bonds. The molecule has 1 N–H and O–H groups in total. The van der Waals surface area contributed by atoms with E-state index in [0.717, 1.165) is 32.8 Å². The number of nitrogens with one attached hydrogen (secondary N) is 1. The van der Waals surface area contributed by atoms with Gasteiger partial charge < -0.3 is 14.8 Å². The molecule has 0 aromatic heterocycles. The quantitative estimate of drug-likeness (QED) is 0.872. The normalized spacial score (nSPS) is 19.2. The average Bonchev–Trinajstić information content (AvgIpc) is 2.47. The molecule has 0 spiro atoms. The molecule has 0 saturated carbocycles. The number of methoxy groups -OCH3 is 1. The summed E-state index contributed by atoms with van der Waals surface area (Å²) in [6.45, 7) is 8.61. The SMILES string of the molecule is COc1ccc(C(C)NC(C)CN2CCOCC2)c(F)c1. The van der Waals surface area contributed by atoms with E-state index in [1.54, 1.807) is 19.2 Å². The topological polar surface area (TPSA) is 33.7 Å². The van der Waals surface area contributed by atoms with Crippen LogP contribution in [0.1, 0.15) is 25.5 Å². The van der Waals surface area contributed by atoms with Crippen molar-refractivity contribution in [1.29, 1.82) is 0 Å². The summed E-state index contributed by atoms with van der Waals surface area (Å²) in [7, 11) is 1.54. The summed E-state index contributed by atoms with van der Waals surface area (Å²) in [5.41, 5.74) is 0.671. The molecule has 1 fully saturated rings. The van der Waals surface area contributed by atoms with Gasteiger partial charge in [-0.2, -0.15) is 0 Å². The molecule has 118 valence electrons.